The normalized spacial score (nSPS) is 10.4. The van der Waals surface area contributed by atoms with Crippen LogP contribution < -0.4 is 0 Å². The molecule has 7 heteroatoms. The van der Waals surface area contributed by atoms with Crippen LogP contribution in [0.15, 0.2) is 30.6 Å². The van der Waals surface area contributed by atoms with Crippen molar-refractivity contribution in [2.45, 2.75) is 0 Å². The third-order valence-electron chi connectivity index (χ3n) is 2.47. The first-order valence-electron chi connectivity index (χ1n) is 4.76. The van der Waals surface area contributed by atoms with Crippen LogP contribution >= 0.6 is 0 Å². The quantitative estimate of drug-likeness (QED) is 0.476. The van der Waals surface area contributed by atoms with Crippen molar-refractivity contribution in [3.63, 3.8) is 0 Å². The number of aromatic nitrogens is 4. The topological polar surface area (TPSA) is 35.1 Å². The van der Waals surface area contributed by atoms with Crippen LogP contribution in [0.25, 0.3) is 17.2 Å². The fourth-order valence-electron chi connectivity index (χ4n) is 1.71. The molecule has 0 atom stereocenters. The standard InChI is InChI=1S/C8H7B3N4/c9-15-8(13-10-11-15)6-5-12-7-3-1-2-4-14(6)7/h1-5H,9H2. The second-order valence-electron chi connectivity index (χ2n) is 3.43. The summed E-state index contributed by atoms with van der Waals surface area (Å²) in [7, 11) is 1.98. The van der Waals surface area contributed by atoms with Gasteiger partial charge in [0.1, 0.15) is 0 Å². The van der Waals surface area contributed by atoms with E-state index in [1.165, 1.54) is 0 Å². The van der Waals surface area contributed by atoms with Gasteiger partial charge < -0.3 is 0 Å². The average Bonchev–Trinajstić information content (AvgIpc) is 2.83. The van der Waals surface area contributed by atoms with Crippen molar-refractivity contribution in [1.82, 2.24) is 18.7 Å². The first-order valence-corrected chi connectivity index (χ1v) is 4.76. The second-order valence-corrected chi connectivity index (χ2v) is 3.43. The van der Waals surface area contributed by atoms with Gasteiger partial charge in [-0.2, -0.15) is 0 Å². The van der Waals surface area contributed by atoms with Gasteiger partial charge in [0.2, 0.25) is 0 Å². The number of imidazole rings is 1. The van der Waals surface area contributed by atoms with Gasteiger partial charge in [0, 0.05) is 0 Å². The van der Waals surface area contributed by atoms with E-state index in [9.17, 15) is 0 Å². The monoisotopic (exact) mass is 192 g/mol. The van der Waals surface area contributed by atoms with E-state index in [1.54, 1.807) is 6.94 Å². The van der Waals surface area contributed by atoms with Crippen LogP contribution in [0.3, 0.4) is 0 Å². The summed E-state index contributed by atoms with van der Waals surface area (Å²) in [6.45, 7) is 3.72. The van der Waals surface area contributed by atoms with Crippen molar-refractivity contribution < 1.29 is 0 Å². The van der Waals surface area contributed by atoms with E-state index in [1.807, 2.05) is 54.3 Å². The molecule has 0 aromatic carbocycles. The predicted octanol–water partition coefficient (Wildman–Crippen LogP) is -0.730. The number of hydrogen-bond acceptors (Lipinski definition) is 2. The molecule has 3 aromatic heterocycles. The fourth-order valence-corrected chi connectivity index (χ4v) is 1.71. The van der Waals surface area contributed by atoms with Gasteiger partial charge in [-0.3, -0.25) is 0 Å². The summed E-state index contributed by atoms with van der Waals surface area (Å²) < 4.78 is 4.01. The van der Waals surface area contributed by atoms with Crippen LogP contribution in [0, 0.1) is 0 Å². The zero-order valence-electron chi connectivity index (χ0n) is 8.33. The molecule has 0 spiro atoms. The summed E-state index contributed by atoms with van der Waals surface area (Å²) in [5.41, 5.74) is 1.95. The third-order valence-corrected chi connectivity index (χ3v) is 2.47. The van der Waals surface area contributed by atoms with E-state index in [-0.39, 0.29) is 0 Å². The minimum absolute atomic E-state index is 0.925. The van der Waals surface area contributed by atoms with Crippen LogP contribution in [-0.4, -0.2) is 40.5 Å². The van der Waals surface area contributed by atoms with Crippen molar-refractivity contribution in [3.8, 4) is 11.5 Å². The molecule has 0 aliphatic rings. The van der Waals surface area contributed by atoms with Crippen LogP contribution in [-0.2, 0) is 0 Å². The molecule has 0 amide bonds. The molecule has 3 rings (SSSR count). The first kappa shape index (κ1) is 8.65. The number of hydrogen-bond donors (Lipinski definition) is 0. The molecule has 0 N–H and O–H groups in total. The molecule has 0 saturated heterocycles. The molecule has 0 aliphatic carbocycles. The SMILES string of the molecule is Bn1bbnc1-c1cnc2ccccn12. The molecule has 3 aromatic rings. The van der Waals surface area contributed by atoms with Gasteiger partial charge in [0.05, 0.1) is 0 Å². The molecule has 0 fully saturated rings. The third kappa shape index (κ3) is 1.27. The van der Waals surface area contributed by atoms with Crippen molar-refractivity contribution in [2.75, 3.05) is 0 Å². The number of pyridine rings is 1. The Morgan fingerprint density at radius 1 is 1.33 bits per heavy atom. The van der Waals surface area contributed by atoms with Gasteiger partial charge in [0.15, 0.2) is 0 Å². The zero-order valence-corrected chi connectivity index (χ0v) is 8.33. The summed E-state index contributed by atoms with van der Waals surface area (Å²) in [6.07, 6.45) is 3.84. The van der Waals surface area contributed by atoms with Gasteiger partial charge in [-0.05, 0) is 0 Å². The summed E-state index contributed by atoms with van der Waals surface area (Å²) >= 11 is 0. The van der Waals surface area contributed by atoms with E-state index in [2.05, 4.69) is 9.88 Å². The Labute approximate surface area is 88.9 Å². The Morgan fingerprint density at radius 2 is 2.27 bits per heavy atom. The molecular formula is C8H7B3N4. The fraction of sp³-hybridized carbons (Fsp3) is 0. The Bertz CT molecular complexity index is 615. The van der Waals surface area contributed by atoms with Crippen molar-refractivity contribution in [1.29, 1.82) is 0 Å². The van der Waals surface area contributed by atoms with E-state index in [0.717, 1.165) is 17.2 Å². The molecule has 4 nitrogen and oxygen atoms in total. The number of nitrogens with zero attached hydrogens (tertiary/aromatic N) is 4. The summed E-state index contributed by atoms with van der Waals surface area (Å²) in [4.78, 5) is 8.64. The second kappa shape index (κ2) is 3.19. The molecule has 0 bridgehead atoms. The number of fused-ring (bicyclic) bond motifs is 1. The molecule has 3 heterocycles. The van der Waals surface area contributed by atoms with Crippen LogP contribution in [0.4, 0.5) is 0 Å². The maximum absolute atomic E-state index is 4.33. The molecule has 0 saturated carbocycles. The van der Waals surface area contributed by atoms with E-state index >= 15 is 0 Å². The average molecular weight is 192 g/mol. The molecule has 0 unspecified atom stereocenters. The first-order chi connectivity index (χ1) is 7.36. The Balaban J connectivity index is 2.32. The van der Waals surface area contributed by atoms with E-state index in [4.69, 9.17) is 0 Å². The van der Waals surface area contributed by atoms with Gasteiger partial charge >= 0.3 is 88.3 Å². The van der Waals surface area contributed by atoms with Gasteiger partial charge in [0.25, 0.3) is 0 Å². The van der Waals surface area contributed by atoms with Crippen molar-refractivity contribution in [2.24, 2.45) is 0 Å². The van der Waals surface area contributed by atoms with Crippen LogP contribution in [0.2, 0.25) is 0 Å². The molecule has 15 heavy (non-hydrogen) atoms. The Kier molecular flexibility index (Phi) is 1.84. The van der Waals surface area contributed by atoms with Gasteiger partial charge in [-0.15, -0.1) is 0 Å². The van der Waals surface area contributed by atoms with E-state index < -0.39 is 0 Å². The summed E-state index contributed by atoms with van der Waals surface area (Å²) in [5.74, 6) is 0.925. The molecule has 68 valence electrons. The zero-order chi connectivity index (χ0) is 10.3. The Hall–Kier alpha value is -1.65. The predicted molar refractivity (Wildman–Crippen MR) is 63.0 cm³/mol. The van der Waals surface area contributed by atoms with Gasteiger partial charge in [-0.1, -0.05) is 0 Å². The van der Waals surface area contributed by atoms with Crippen LogP contribution in [0.5, 0.6) is 0 Å². The number of rotatable bonds is 1. The molecule has 0 aliphatic heterocycles. The summed E-state index contributed by atoms with van der Waals surface area (Å²) in [6, 6.07) is 5.94. The van der Waals surface area contributed by atoms with Gasteiger partial charge in [-0.25, -0.2) is 0 Å². The molecule has 0 radical (unpaired) electrons. The maximum atomic E-state index is 4.33. The van der Waals surface area contributed by atoms with Crippen molar-refractivity contribution >= 4 is 27.5 Å². The Morgan fingerprint density at radius 3 is 3.07 bits per heavy atom. The van der Waals surface area contributed by atoms with E-state index in [0.29, 0.717) is 0 Å². The minimum atomic E-state index is 0.925. The van der Waals surface area contributed by atoms with Crippen molar-refractivity contribution in [3.05, 3.63) is 30.6 Å². The van der Waals surface area contributed by atoms with Crippen LogP contribution in [0.1, 0.15) is 0 Å². The molecular weight excluding hydrogens is 185 g/mol. The summed E-state index contributed by atoms with van der Waals surface area (Å²) in [5, 5.41) is 0.